The van der Waals surface area contributed by atoms with Crippen LogP contribution in [0.5, 0.6) is 5.75 Å². The number of rotatable bonds is 1. The minimum atomic E-state index is -0.200. The van der Waals surface area contributed by atoms with E-state index in [0.29, 0.717) is 0 Å². The van der Waals surface area contributed by atoms with Gasteiger partial charge in [-0.1, -0.05) is 0 Å². The first-order valence-corrected chi connectivity index (χ1v) is 9.09. The number of benzene rings is 1. The average molecular weight is 316 g/mol. The van der Waals surface area contributed by atoms with Crippen LogP contribution in [0.15, 0.2) is 11.0 Å². The van der Waals surface area contributed by atoms with Gasteiger partial charge in [0.15, 0.2) is 0 Å². The van der Waals surface area contributed by atoms with E-state index in [2.05, 4.69) is 30.5 Å². The van der Waals surface area contributed by atoms with Crippen molar-refractivity contribution in [2.75, 3.05) is 6.61 Å². The van der Waals surface area contributed by atoms with Crippen molar-refractivity contribution in [1.82, 2.24) is 0 Å². The first kappa shape index (κ1) is 10.7. The molecular weight excluding hydrogens is 302 g/mol. The monoisotopic (exact) mass is 315 g/mol. The Morgan fingerprint density at radius 1 is 1.50 bits per heavy atom. The van der Waals surface area contributed by atoms with Gasteiger partial charge < -0.3 is 0 Å². The first-order valence-electron chi connectivity index (χ1n) is 4.82. The van der Waals surface area contributed by atoms with Gasteiger partial charge in [0.2, 0.25) is 0 Å². The molecule has 0 N–H and O–H groups in total. The summed E-state index contributed by atoms with van der Waals surface area (Å²) < 4.78 is 7.31. The molecule has 0 bridgehead atoms. The molecule has 0 saturated carbocycles. The molecule has 1 nitrogen and oxygen atoms in total. The van der Waals surface area contributed by atoms with Crippen LogP contribution in [0.4, 0.5) is 0 Å². The van der Waals surface area contributed by atoms with Gasteiger partial charge in [0.1, 0.15) is 0 Å². The number of aryl methyl sites for hydroxylation is 1. The molecule has 0 aromatic heterocycles. The molecule has 3 heteroatoms. The van der Waals surface area contributed by atoms with Gasteiger partial charge in [0.25, 0.3) is 0 Å². The molecule has 0 atom stereocenters. The van der Waals surface area contributed by atoms with Crippen molar-refractivity contribution in [1.29, 1.82) is 0 Å². The predicted octanol–water partition coefficient (Wildman–Crippen LogP) is 1.99. The van der Waals surface area contributed by atoms with Crippen molar-refractivity contribution < 1.29 is 4.74 Å². The molecule has 75 valence electrons. The molecule has 1 aromatic rings. The van der Waals surface area contributed by atoms with Gasteiger partial charge in [-0.25, -0.2) is 0 Å². The second kappa shape index (κ2) is 4.36. The maximum absolute atomic E-state index is 5.70. The molecule has 0 spiro atoms. The summed E-state index contributed by atoms with van der Waals surface area (Å²) in [5, 5.41) is 0. The Kier molecular flexibility index (Phi) is 3.33. The van der Waals surface area contributed by atoms with Crippen molar-refractivity contribution in [2.24, 2.45) is 0 Å². The van der Waals surface area contributed by atoms with E-state index < -0.39 is 0 Å². The number of thiol groups is 1. The zero-order valence-electron chi connectivity index (χ0n) is 8.50. The van der Waals surface area contributed by atoms with Crippen molar-refractivity contribution in [3.63, 3.8) is 0 Å². The standard InChI is InChI=1S/C10H11OS.CH3.Sb/c1-7-5-8-3-2-4-11-10(8)9(12)6-7;;/h6,12H,2-4H2,1H3;1H3;. The molecule has 1 aliphatic heterocycles. The third-order valence-corrected chi connectivity index (χ3v) is 5.95. The van der Waals surface area contributed by atoms with E-state index in [1.807, 2.05) is 0 Å². The third kappa shape index (κ3) is 1.79. The van der Waals surface area contributed by atoms with Crippen molar-refractivity contribution in [3.05, 3.63) is 17.2 Å². The maximum atomic E-state index is 5.70. The van der Waals surface area contributed by atoms with Crippen LogP contribution in [0.1, 0.15) is 17.5 Å². The van der Waals surface area contributed by atoms with Crippen LogP contribution in [0.3, 0.4) is 0 Å². The Morgan fingerprint density at radius 3 is 3.00 bits per heavy atom. The summed E-state index contributed by atoms with van der Waals surface area (Å²) in [4.78, 5) is 3.37. The summed E-state index contributed by atoms with van der Waals surface area (Å²) in [6.45, 7) is 3.05. The van der Waals surface area contributed by atoms with Crippen molar-refractivity contribution >= 4 is 37.8 Å². The topological polar surface area (TPSA) is 9.23 Å². The van der Waals surface area contributed by atoms with Gasteiger partial charge in [-0.3, -0.25) is 0 Å². The fourth-order valence-corrected chi connectivity index (χ4v) is 4.93. The molecule has 1 aromatic carbocycles. The van der Waals surface area contributed by atoms with Gasteiger partial charge in [-0.2, -0.15) is 0 Å². The van der Waals surface area contributed by atoms with E-state index >= 15 is 0 Å². The van der Waals surface area contributed by atoms with E-state index in [4.69, 9.17) is 4.74 Å². The van der Waals surface area contributed by atoms with Gasteiger partial charge in [-0.15, -0.1) is 0 Å². The second-order valence-electron chi connectivity index (χ2n) is 3.54. The fourth-order valence-electron chi connectivity index (χ4n) is 1.97. The summed E-state index contributed by atoms with van der Waals surface area (Å²) >= 11 is 4.28. The normalized spacial score (nSPS) is 14.8. The Labute approximate surface area is 101 Å². The van der Waals surface area contributed by atoms with Crippen LogP contribution in [0, 0.1) is 6.92 Å². The van der Waals surface area contributed by atoms with Crippen LogP contribution in [-0.2, 0) is 6.42 Å². The number of hydrogen-bond donors (Lipinski definition) is 1. The summed E-state index contributed by atoms with van der Waals surface area (Å²) in [5.74, 6) is 1.07. The Bertz CT molecular complexity index is 343. The van der Waals surface area contributed by atoms with Crippen LogP contribution >= 0.6 is 12.6 Å². The zero-order valence-corrected chi connectivity index (χ0v) is 11.9. The summed E-state index contributed by atoms with van der Waals surface area (Å²) in [6, 6.07) is 2.15. The molecule has 0 aliphatic carbocycles. The van der Waals surface area contributed by atoms with Crippen LogP contribution in [0.2, 0.25) is 4.87 Å². The third-order valence-electron chi connectivity index (χ3n) is 2.56. The molecule has 0 unspecified atom stereocenters. The molecular formula is C11H14OSSb. The van der Waals surface area contributed by atoms with E-state index in [9.17, 15) is 0 Å². The van der Waals surface area contributed by atoms with Gasteiger partial charge in [0.05, 0.1) is 0 Å². The van der Waals surface area contributed by atoms with E-state index in [1.165, 1.54) is 17.5 Å². The summed E-state index contributed by atoms with van der Waals surface area (Å²) in [7, 11) is 0. The SMILES string of the molecule is [CH3][Sb][c]1c(C)cc(S)c2c1CCCO2. The second-order valence-corrected chi connectivity index (χ2v) is 6.58. The Balaban J connectivity index is 2.61. The van der Waals surface area contributed by atoms with Gasteiger partial charge in [-0.05, 0) is 0 Å². The average Bonchev–Trinajstić information content (AvgIpc) is 2.18. The van der Waals surface area contributed by atoms with Gasteiger partial charge in [0, 0.05) is 0 Å². The quantitative estimate of drug-likeness (QED) is 0.616. The summed E-state index contributed by atoms with van der Waals surface area (Å²) in [6.07, 6.45) is 2.34. The number of ether oxygens (including phenoxy) is 1. The van der Waals surface area contributed by atoms with Crippen LogP contribution in [0.25, 0.3) is 0 Å². The molecule has 1 heterocycles. The molecule has 14 heavy (non-hydrogen) atoms. The fraction of sp³-hybridized carbons (Fsp3) is 0.455. The molecule has 1 radical (unpaired) electrons. The first-order chi connectivity index (χ1) is 6.74. The minimum absolute atomic E-state index is 0.200. The van der Waals surface area contributed by atoms with E-state index in [-0.39, 0.29) is 21.6 Å². The van der Waals surface area contributed by atoms with Gasteiger partial charge >= 0.3 is 102 Å². The molecule has 0 fully saturated rings. The predicted molar refractivity (Wildman–Crippen MR) is 63.5 cm³/mol. The van der Waals surface area contributed by atoms with E-state index in [0.717, 1.165) is 23.7 Å². The van der Waals surface area contributed by atoms with Crippen molar-refractivity contribution in [3.8, 4) is 5.75 Å². The van der Waals surface area contributed by atoms with Crippen LogP contribution in [-0.4, -0.2) is 28.2 Å². The number of hydrogen-bond acceptors (Lipinski definition) is 2. The molecule has 0 amide bonds. The van der Waals surface area contributed by atoms with Crippen LogP contribution < -0.4 is 8.25 Å². The molecule has 1 aliphatic rings. The Morgan fingerprint density at radius 2 is 2.29 bits per heavy atom. The molecule has 0 saturated heterocycles. The number of fused-ring (bicyclic) bond motifs is 1. The zero-order chi connectivity index (χ0) is 10.1. The molecule has 2 rings (SSSR count). The summed E-state index contributed by atoms with van der Waals surface area (Å²) in [5.41, 5.74) is 2.87. The van der Waals surface area contributed by atoms with E-state index in [1.54, 1.807) is 3.51 Å². The van der Waals surface area contributed by atoms with Crippen molar-refractivity contribution in [2.45, 2.75) is 29.5 Å². The Hall–Kier alpha value is 0.188.